The maximum Gasteiger partial charge on any atom is 0.164 e. The highest BCUT2D eigenvalue weighted by atomic mass is 16.5. The first kappa shape index (κ1) is 8.24. The van der Waals surface area contributed by atoms with E-state index in [4.69, 9.17) is 4.74 Å². The molecule has 0 N–H and O–H groups in total. The van der Waals surface area contributed by atoms with Crippen LogP contribution in [0.4, 0.5) is 0 Å². The largest absolute Gasteiger partial charge is 0.364 e. The minimum atomic E-state index is -0.348. The molecule has 0 unspecified atom stereocenters. The molecule has 0 amide bonds. The zero-order valence-electron chi connectivity index (χ0n) is 7.80. The maximum absolute atomic E-state index is 11.6. The third-order valence-corrected chi connectivity index (χ3v) is 3.36. The quantitative estimate of drug-likeness (QED) is 0.552. The second-order valence-electron chi connectivity index (χ2n) is 4.28. The second kappa shape index (κ2) is 2.56. The first-order chi connectivity index (χ1) is 5.64. The van der Waals surface area contributed by atoms with E-state index in [-0.39, 0.29) is 11.7 Å². The topological polar surface area (TPSA) is 26.3 Å². The molecular formula is C10H16O2. The Balaban J connectivity index is 2.18. The average molecular weight is 168 g/mol. The molecule has 1 spiro atoms. The predicted molar refractivity (Wildman–Crippen MR) is 45.9 cm³/mol. The number of hydrogen-bond acceptors (Lipinski definition) is 2. The van der Waals surface area contributed by atoms with Crippen LogP contribution in [0.15, 0.2) is 0 Å². The monoisotopic (exact) mass is 168 g/mol. The van der Waals surface area contributed by atoms with E-state index in [0.29, 0.717) is 11.7 Å². The summed E-state index contributed by atoms with van der Waals surface area (Å²) in [6.07, 6.45) is 3.94. The fourth-order valence-electron chi connectivity index (χ4n) is 2.45. The normalized spacial score (nSPS) is 47.7. The van der Waals surface area contributed by atoms with Gasteiger partial charge in [-0.05, 0) is 32.1 Å². The van der Waals surface area contributed by atoms with Gasteiger partial charge in [0.05, 0.1) is 6.10 Å². The molecule has 1 heterocycles. The predicted octanol–water partition coefficient (Wildman–Crippen LogP) is 1.92. The second-order valence-corrected chi connectivity index (χ2v) is 4.28. The standard InChI is InChI=1S/C10H16O2/c1-7-6-10(12-8(7)2)5-3-4-9(10)11/h7-8H,3-6H2,1-2H3/t7-,8+,10-/m1/s1. The molecule has 0 aromatic rings. The third-order valence-electron chi connectivity index (χ3n) is 3.36. The molecule has 1 aliphatic carbocycles. The highest BCUT2D eigenvalue weighted by Crippen LogP contribution is 2.43. The number of rotatable bonds is 0. The molecular weight excluding hydrogens is 152 g/mol. The van der Waals surface area contributed by atoms with Crippen molar-refractivity contribution < 1.29 is 9.53 Å². The van der Waals surface area contributed by atoms with Crippen LogP contribution in [0.25, 0.3) is 0 Å². The Morgan fingerprint density at radius 3 is 2.67 bits per heavy atom. The average Bonchev–Trinajstić information content (AvgIpc) is 2.45. The van der Waals surface area contributed by atoms with Crippen molar-refractivity contribution in [3.05, 3.63) is 0 Å². The van der Waals surface area contributed by atoms with E-state index >= 15 is 0 Å². The van der Waals surface area contributed by atoms with Crippen molar-refractivity contribution in [2.75, 3.05) is 0 Å². The van der Waals surface area contributed by atoms with Crippen LogP contribution in [-0.4, -0.2) is 17.5 Å². The highest BCUT2D eigenvalue weighted by molar-refractivity contribution is 5.89. The Kier molecular flexibility index (Phi) is 1.76. The van der Waals surface area contributed by atoms with Crippen LogP contribution in [0.1, 0.15) is 39.5 Å². The summed E-state index contributed by atoms with van der Waals surface area (Å²) in [5, 5.41) is 0. The molecule has 0 aromatic heterocycles. The van der Waals surface area contributed by atoms with E-state index < -0.39 is 0 Å². The van der Waals surface area contributed by atoms with Crippen molar-refractivity contribution in [2.45, 2.75) is 51.2 Å². The fourth-order valence-corrected chi connectivity index (χ4v) is 2.45. The molecule has 1 saturated carbocycles. The minimum absolute atomic E-state index is 0.270. The van der Waals surface area contributed by atoms with Crippen molar-refractivity contribution in [2.24, 2.45) is 5.92 Å². The fraction of sp³-hybridized carbons (Fsp3) is 0.900. The van der Waals surface area contributed by atoms with Gasteiger partial charge in [-0.2, -0.15) is 0 Å². The summed E-state index contributed by atoms with van der Waals surface area (Å²) in [4.78, 5) is 11.6. The van der Waals surface area contributed by atoms with E-state index in [1.807, 2.05) is 0 Å². The zero-order valence-corrected chi connectivity index (χ0v) is 7.80. The van der Waals surface area contributed by atoms with Crippen molar-refractivity contribution >= 4 is 5.78 Å². The molecule has 2 heteroatoms. The lowest BCUT2D eigenvalue weighted by Gasteiger charge is -2.20. The van der Waals surface area contributed by atoms with Gasteiger partial charge in [0.25, 0.3) is 0 Å². The lowest BCUT2D eigenvalue weighted by atomic mass is 9.91. The molecule has 1 saturated heterocycles. The molecule has 1 aliphatic heterocycles. The smallest absolute Gasteiger partial charge is 0.164 e. The van der Waals surface area contributed by atoms with Crippen LogP contribution in [-0.2, 0) is 9.53 Å². The van der Waals surface area contributed by atoms with Crippen molar-refractivity contribution in [1.82, 2.24) is 0 Å². The highest BCUT2D eigenvalue weighted by Gasteiger charge is 2.50. The van der Waals surface area contributed by atoms with Gasteiger partial charge in [0.15, 0.2) is 5.78 Å². The number of ether oxygens (including phenoxy) is 1. The number of carbonyl (C=O) groups is 1. The number of carbonyl (C=O) groups excluding carboxylic acids is 1. The van der Waals surface area contributed by atoms with Crippen LogP contribution in [0.3, 0.4) is 0 Å². The van der Waals surface area contributed by atoms with Gasteiger partial charge in [-0.25, -0.2) is 0 Å². The summed E-state index contributed by atoms with van der Waals surface area (Å²) >= 11 is 0. The van der Waals surface area contributed by atoms with E-state index in [1.165, 1.54) is 0 Å². The van der Waals surface area contributed by atoms with E-state index in [2.05, 4.69) is 13.8 Å². The van der Waals surface area contributed by atoms with Crippen LogP contribution < -0.4 is 0 Å². The Hall–Kier alpha value is -0.370. The van der Waals surface area contributed by atoms with Gasteiger partial charge in [-0.15, -0.1) is 0 Å². The lowest BCUT2D eigenvalue weighted by Crippen LogP contribution is -2.33. The van der Waals surface area contributed by atoms with Crippen molar-refractivity contribution in [3.63, 3.8) is 0 Å². The number of Topliss-reactive ketones (excluding diaryl/α,β-unsaturated/α-hetero) is 1. The van der Waals surface area contributed by atoms with Gasteiger partial charge in [0, 0.05) is 6.42 Å². The van der Waals surface area contributed by atoms with E-state index in [9.17, 15) is 4.79 Å². The van der Waals surface area contributed by atoms with Gasteiger partial charge in [-0.3, -0.25) is 4.79 Å². The first-order valence-corrected chi connectivity index (χ1v) is 4.85. The molecule has 0 bridgehead atoms. The summed E-state index contributed by atoms with van der Waals surface area (Å²) in [6.45, 7) is 4.25. The summed E-state index contributed by atoms with van der Waals surface area (Å²) in [5.74, 6) is 0.894. The van der Waals surface area contributed by atoms with Gasteiger partial charge < -0.3 is 4.74 Å². The van der Waals surface area contributed by atoms with Gasteiger partial charge in [0.1, 0.15) is 5.60 Å². The maximum atomic E-state index is 11.6. The number of hydrogen-bond donors (Lipinski definition) is 0. The summed E-state index contributed by atoms with van der Waals surface area (Å²) in [5.41, 5.74) is -0.348. The van der Waals surface area contributed by atoms with Crippen LogP contribution in [0.5, 0.6) is 0 Å². The lowest BCUT2D eigenvalue weighted by molar-refractivity contribution is -0.138. The Morgan fingerprint density at radius 2 is 2.25 bits per heavy atom. The summed E-state index contributed by atoms with van der Waals surface area (Å²) in [7, 11) is 0. The van der Waals surface area contributed by atoms with Gasteiger partial charge in [-0.1, -0.05) is 6.92 Å². The Bertz CT molecular complexity index is 200. The van der Waals surface area contributed by atoms with Crippen LogP contribution >= 0.6 is 0 Å². The molecule has 2 nitrogen and oxygen atoms in total. The summed E-state index contributed by atoms with van der Waals surface area (Å²) < 4.78 is 5.78. The van der Waals surface area contributed by atoms with Crippen LogP contribution in [0.2, 0.25) is 0 Å². The van der Waals surface area contributed by atoms with Gasteiger partial charge >= 0.3 is 0 Å². The molecule has 3 atom stereocenters. The van der Waals surface area contributed by atoms with E-state index in [0.717, 1.165) is 25.7 Å². The van der Waals surface area contributed by atoms with Crippen LogP contribution in [0, 0.1) is 5.92 Å². The third kappa shape index (κ3) is 1.01. The minimum Gasteiger partial charge on any atom is -0.364 e. The van der Waals surface area contributed by atoms with E-state index in [1.54, 1.807) is 0 Å². The molecule has 68 valence electrons. The molecule has 2 fully saturated rings. The molecule has 0 radical (unpaired) electrons. The summed E-state index contributed by atoms with van der Waals surface area (Å²) in [6, 6.07) is 0. The van der Waals surface area contributed by atoms with Crippen molar-refractivity contribution in [3.8, 4) is 0 Å². The number of ketones is 1. The molecule has 2 aliphatic rings. The Morgan fingerprint density at radius 1 is 1.50 bits per heavy atom. The molecule has 2 rings (SSSR count). The zero-order chi connectivity index (χ0) is 8.77. The van der Waals surface area contributed by atoms with Gasteiger partial charge in [0.2, 0.25) is 0 Å². The molecule has 12 heavy (non-hydrogen) atoms. The first-order valence-electron chi connectivity index (χ1n) is 4.85. The SMILES string of the molecule is C[C@@H]1C[C@@]2(CCCC2=O)O[C@H]1C. The van der Waals surface area contributed by atoms with Crippen molar-refractivity contribution in [1.29, 1.82) is 0 Å². The Labute approximate surface area is 73.3 Å². The molecule has 0 aromatic carbocycles.